The molecule has 2 N–H and O–H groups in total. The summed E-state index contributed by atoms with van der Waals surface area (Å²) < 4.78 is 0. The van der Waals surface area contributed by atoms with Crippen LogP contribution in [0, 0.1) is 0 Å². The van der Waals surface area contributed by atoms with Crippen LogP contribution in [0.25, 0.3) is 0 Å². The lowest BCUT2D eigenvalue weighted by molar-refractivity contribution is 0.708. The van der Waals surface area contributed by atoms with Gasteiger partial charge in [0, 0.05) is 0 Å². The molecule has 0 aromatic heterocycles. The Bertz CT molecular complexity index is 570. The first-order valence-electron chi connectivity index (χ1n) is 7.93. The van der Waals surface area contributed by atoms with Crippen molar-refractivity contribution >= 4 is 29.3 Å². The van der Waals surface area contributed by atoms with Gasteiger partial charge in [0.2, 0.25) is 0 Å². The number of rotatable bonds is 4. The molecule has 1 saturated carbocycles. The maximum atomic E-state index is 6.24. The molecule has 0 bridgehead atoms. The average Bonchev–Trinajstić information content (AvgIpc) is 3.07. The second-order valence-electron chi connectivity index (χ2n) is 5.72. The van der Waals surface area contributed by atoms with Crippen LogP contribution in [0.4, 0.5) is 0 Å². The first-order chi connectivity index (χ1) is 10.8. The van der Waals surface area contributed by atoms with Crippen LogP contribution in [0.3, 0.4) is 0 Å². The lowest BCUT2D eigenvalue weighted by atomic mass is 10.0. The van der Waals surface area contributed by atoms with Gasteiger partial charge in [0.15, 0.2) is 5.17 Å². The molecule has 122 valence electrons. The second kappa shape index (κ2) is 8.99. The van der Waals surface area contributed by atoms with Crippen LogP contribution in [0.1, 0.15) is 42.1 Å². The molecule has 0 spiro atoms. The van der Waals surface area contributed by atoms with Crippen LogP contribution in [-0.2, 0) is 0 Å². The number of benzene rings is 2. The maximum Gasteiger partial charge on any atom is 0.155 e. The average molecular weight is 347 g/mol. The molecule has 2 nitrogen and oxygen atoms in total. The summed E-state index contributed by atoms with van der Waals surface area (Å²) >= 11 is 1.67. The molecular formula is C19H23ClN2S. The lowest BCUT2D eigenvalue weighted by Gasteiger charge is -2.17. The highest BCUT2D eigenvalue weighted by Crippen LogP contribution is 2.36. The molecule has 0 radical (unpaired) electrons. The third-order valence-electron chi connectivity index (χ3n) is 4.08. The Hall–Kier alpha value is -1.45. The molecule has 23 heavy (non-hydrogen) atoms. The molecule has 3 rings (SSSR count). The Morgan fingerprint density at radius 1 is 0.913 bits per heavy atom. The van der Waals surface area contributed by atoms with E-state index in [-0.39, 0.29) is 17.7 Å². The van der Waals surface area contributed by atoms with Crippen molar-refractivity contribution in [1.29, 1.82) is 0 Å². The number of thioether (sulfide) groups is 1. The van der Waals surface area contributed by atoms with Gasteiger partial charge >= 0.3 is 0 Å². The summed E-state index contributed by atoms with van der Waals surface area (Å²) in [4.78, 5) is 4.72. The Morgan fingerprint density at radius 2 is 1.39 bits per heavy atom. The van der Waals surface area contributed by atoms with E-state index < -0.39 is 0 Å². The molecule has 0 atom stereocenters. The minimum atomic E-state index is 0. The second-order valence-corrected chi connectivity index (χ2v) is 6.85. The molecule has 1 aliphatic carbocycles. The van der Waals surface area contributed by atoms with E-state index in [1.165, 1.54) is 36.8 Å². The zero-order chi connectivity index (χ0) is 15.2. The van der Waals surface area contributed by atoms with Gasteiger partial charge in [-0.15, -0.1) is 12.4 Å². The zero-order valence-corrected chi connectivity index (χ0v) is 14.7. The summed E-state index contributed by atoms with van der Waals surface area (Å²) in [6.45, 7) is 0. The lowest BCUT2D eigenvalue weighted by Crippen LogP contribution is -2.14. The van der Waals surface area contributed by atoms with E-state index in [1.54, 1.807) is 11.8 Å². The van der Waals surface area contributed by atoms with Crippen molar-refractivity contribution in [1.82, 2.24) is 0 Å². The largest absolute Gasteiger partial charge is 0.379 e. The molecule has 1 aliphatic rings. The van der Waals surface area contributed by atoms with Crippen molar-refractivity contribution < 1.29 is 0 Å². The van der Waals surface area contributed by atoms with Gasteiger partial charge in [-0.3, -0.25) is 4.99 Å². The zero-order valence-electron chi connectivity index (χ0n) is 13.1. The predicted molar refractivity (Wildman–Crippen MR) is 103 cm³/mol. The number of aliphatic imine (C=N–C) groups is 1. The molecule has 0 heterocycles. The van der Waals surface area contributed by atoms with Crippen molar-refractivity contribution in [3.05, 3.63) is 71.8 Å². The van der Waals surface area contributed by atoms with Gasteiger partial charge in [-0.2, -0.15) is 0 Å². The monoisotopic (exact) mass is 346 g/mol. The Labute approximate surface area is 149 Å². The fourth-order valence-corrected chi connectivity index (χ4v) is 3.99. The summed E-state index contributed by atoms with van der Waals surface area (Å²) in [7, 11) is 0. The Morgan fingerprint density at radius 3 is 1.87 bits per heavy atom. The number of nitrogens with zero attached hydrogens (tertiary/aromatic N) is 1. The number of nitrogens with two attached hydrogens (primary N) is 1. The van der Waals surface area contributed by atoms with Crippen molar-refractivity contribution in [2.24, 2.45) is 10.7 Å². The summed E-state index contributed by atoms with van der Waals surface area (Å²) in [5.74, 6) is 0. The predicted octanol–water partition coefficient (Wildman–Crippen LogP) is 5.19. The SMILES string of the molecule is Cl.NC(=NC1CCCC1)SC(c1ccccc1)c1ccccc1. The van der Waals surface area contributed by atoms with Gasteiger partial charge in [-0.05, 0) is 24.0 Å². The number of halogens is 1. The molecular weight excluding hydrogens is 324 g/mol. The van der Waals surface area contributed by atoms with Gasteiger partial charge in [-0.25, -0.2) is 0 Å². The summed E-state index contributed by atoms with van der Waals surface area (Å²) in [6, 6.07) is 21.5. The van der Waals surface area contributed by atoms with Crippen LogP contribution in [-0.4, -0.2) is 11.2 Å². The smallest absolute Gasteiger partial charge is 0.155 e. The molecule has 2 aromatic rings. The molecule has 0 aliphatic heterocycles. The van der Waals surface area contributed by atoms with Crippen molar-refractivity contribution in [2.45, 2.75) is 37.0 Å². The maximum absolute atomic E-state index is 6.24. The number of hydrogen-bond donors (Lipinski definition) is 1. The number of hydrogen-bond acceptors (Lipinski definition) is 2. The molecule has 0 saturated heterocycles. The van der Waals surface area contributed by atoms with E-state index in [2.05, 4.69) is 48.5 Å². The third-order valence-corrected chi connectivity index (χ3v) is 5.20. The Kier molecular flexibility index (Phi) is 7.00. The highest BCUT2D eigenvalue weighted by Gasteiger charge is 2.18. The van der Waals surface area contributed by atoms with Crippen molar-refractivity contribution in [3.8, 4) is 0 Å². The van der Waals surface area contributed by atoms with E-state index in [0.717, 1.165) is 0 Å². The van der Waals surface area contributed by atoms with E-state index in [1.807, 2.05) is 12.1 Å². The fraction of sp³-hybridized carbons (Fsp3) is 0.316. The van der Waals surface area contributed by atoms with Gasteiger partial charge in [0.1, 0.15) is 0 Å². The van der Waals surface area contributed by atoms with Crippen LogP contribution < -0.4 is 5.73 Å². The first kappa shape index (κ1) is 17.9. The molecule has 4 heteroatoms. The van der Waals surface area contributed by atoms with Gasteiger partial charge in [0.05, 0.1) is 11.3 Å². The van der Waals surface area contributed by atoms with Gasteiger partial charge in [0.25, 0.3) is 0 Å². The van der Waals surface area contributed by atoms with Crippen LogP contribution in [0.5, 0.6) is 0 Å². The normalized spacial score (nSPS) is 15.6. The first-order valence-corrected chi connectivity index (χ1v) is 8.81. The van der Waals surface area contributed by atoms with Gasteiger partial charge in [-0.1, -0.05) is 85.3 Å². The minimum Gasteiger partial charge on any atom is -0.379 e. The topological polar surface area (TPSA) is 38.4 Å². The number of amidine groups is 1. The third kappa shape index (κ3) is 5.02. The fourth-order valence-electron chi connectivity index (χ4n) is 2.95. The molecule has 0 amide bonds. The molecule has 2 aromatic carbocycles. The van der Waals surface area contributed by atoms with Crippen LogP contribution >= 0.6 is 24.2 Å². The Balaban J connectivity index is 0.00000192. The highest BCUT2D eigenvalue weighted by molar-refractivity contribution is 8.14. The molecule has 0 unspecified atom stereocenters. The summed E-state index contributed by atoms with van der Waals surface area (Å²) in [5, 5.41) is 0.914. The quantitative estimate of drug-likeness (QED) is 0.611. The summed E-state index contributed by atoms with van der Waals surface area (Å²) in [5.41, 5.74) is 8.78. The van der Waals surface area contributed by atoms with Gasteiger partial charge < -0.3 is 5.73 Å². The van der Waals surface area contributed by atoms with E-state index in [0.29, 0.717) is 11.2 Å². The molecule has 1 fully saturated rings. The van der Waals surface area contributed by atoms with E-state index in [4.69, 9.17) is 10.7 Å². The summed E-state index contributed by atoms with van der Waals surface area (Å²) in [6.07, 6.45) is 4.94. The van der Waals surface area contributed by atoms with Crippen LogP contribution in [0.2, 0.25) is 0 Å². The highest BCUT2D eigenvalue weighted by atomic mass is 35.5. The van der Waals surface area contributed by atoms with Crippen LogP contribution in [0.15, 0.2) is 65.7 Å². The van der Waals surface area contributed by atoms with Crippen molar-refractivity contribution in [3.63, 3.8) is 0 Å². The van der Waals surface area contributed by atoms with E-state index >= 15 is 0 Å². The van der Waals surface area contributed by atoms with E-state index in [9.17, 15) is 0 Å². The van der Waals surface area contributed by atoms with Crippen molar-refractivity contribution in [2.75, 3.05) is 0 Å². The minimum absolute atomic E-state index is 0. The standard InChI is InChI=1S/C19H22N2S.ClH/c20-19(21-17-13-7-8-14-17)22-18(15-9-3-1-4-10-15)16-11-5-2-6-12-16;/h1-6,9-12,17-18H,7-8,13-14H2,(H2,20,21);1H.